The Bertz CT molecular complexity index is 822. The van der Waals surface area contributed by atoms with Gasteiger partial charge in [-0.2, -0.15) is 4.31 Å². The zero-order valence-corrected chi connectivity index (χ0v) is 12.2. The molecule has 106 valence electrons. The van der Waals surface area contributed by atoms with E-state index >= 15 is 0 Å². The number of nitrogens with zero attached hydrogens (tertiary/aromatic N) is 1. The van der Waals surface area contributed by atoms with Crippen molar-refractivity contribution >= 4 is 26.5 Å². The summed E-state index contributed by atoms with van der Waals surface area (Å²) in [6.45, 7) is 1.90. The molecule has 0 unspecified atom stereocenters. The van der Waals surface area contributed by atoms with E-state index in [0.29, 0.717) is 11.3 Å². The molecule has 1 amide bonds. The van der Waals surface area contributed by atoms with Crippen molar-refractivity contribution in [2.75, 3.05) is 4.31 Å². The molecule has 0 bridgehead atoms. The molecule has 1 aliphatic heterocycles. The molecule has 0 radical (unpaired) electrons. The fourth-order valence-corrected chi connectivity index (χ4v) is 3.81. The van der Waals surface area contributed by atoms with Gasteiger partial charge in [-0.25, -0.2) is 8.42 Å². The Morgan fingerprint density at radius 1 is 0.905 bits per heavy atom. The fourth-order valence-electron chi connectivity index (χ4n) is 2.24. The summed E-state index contributed by atoms with van der Waals surface area (Å²) < 4.78 is 26.1. The molecule has 5 heteroatoms. The Hall–Kier alpha value is -2.40. The topological polar surface area (TPSA) is 54.5 Å². The highest BCUT2D eigenvalue weighted by atomic mass is 32.2. The van der Waals surface area contributed by atoms with E-state index in [4.69, 9.17) is 0 Å². The monoisotopic (exact) mass is 299 g/mol. The summed E-state index contributed by atoms with van der Waals surface area (Å²) in [5.41, 5.74) is 1.87. The maximum absolute atomic E-state index is 12.6. The normalized spacial score (nSPS) is 16.9. The van der Waals surface area contributed by atoms with Crippen LogP contribution in [0.4, 0.5) is 5.69 Å². The second-order valence-electron chi connectivity index (χ2n) is 4.82. The number of hydrogen-bond acceptors (Lipinski definition) is 3. The molecule has 0 aromatic heterocycles. The van der Waals surface area contributed by atoms with Crippen molar-refractivity contribution in [1.82, 2.24) is 0 Å². The molecule has 2 aromatic carbocycles. The van der Waals surface area contributed by atoms with Gasteiger partial charge in [-0.3, -0.25) is 4.79 Å². The molecule has 0 fully saturated rings. The van der Waals surface area contributed by atoms with Crippen LogP contribution in [0.15, 0.2) is 60.7 Å². The molecule has 2 aromatic rings. The van der Waals surface area contributed by atoms with Gasteiger partial charge in [0.2, 0.25) is 0 Å². The molecule has 0 aliphatic carbocycles. The second-order valence-corrected chi connectivity index (χ2v) is 6.57. The number of amides is 1. The predicted octanol–water partition coefficient (Wildman–Crippen LogP) is 2.71. The van der Waals surface area contributed by atoms with Crippen LogP contribution in [0.5, 0.6) is 0 Å². The molecular weight excluding hydrogens is 286 g/mol. The van der Waals surface area contributed by atoms with Gasteiger partial charge in [0.25, 0.3) is 15.9 Å². The van der Waals surface area contributed by atoms with Crippen LogP contribution in [0, 0.1) is 6.92 Å². The third-order valence-electron chi connectivity index (χ3n) is 3.30. The Labute approximate surface area is 123 Å². The van der Waals surface area contributed by atoms with Crippen LogP contribution >= 0.6 is 0 Å². The molecule has 1 aliphatic rings. The Balaban J connectivity index is 2.08. The molecule has 0 saturated heterocycles. The van der Waals surface area contributed by atoms with E-state index in [1.165, 1.54) is 6.08 Å². The summed E-state index contributed by atoms with van der Waals surface area (Å²) in [5.74, 6) is -0.544. The zero-order valence-electron chi connectivity index (χ0n) is 11.4. The quantitative estimate of drug-likeness (QED) is 0.856. The maximum atomic E-state index is 12.6. The minimum Gasteiger partial charge on any atom is -0.268 e. The van der Waals surface area contributed by atoms with Crippen molar-refractivity contribution in [1.29, 1.82) is 0 Å². The highest BCUT2D eigenvalue weighted by molar-refractivity contribution is 8.03. The first kappa shape index (κ1) is 13.6. The van der Waals surface area contributed by atoms with Crippen molar-refractivity contribution in [3.05, 3.63) is 71.8 Å². The van der Waals surface area contributed by atoms with Crippen LogP contribution in [0.25, 0.3) is 4.91 Å². The largest absolute Gasteiger partial charge is 0.271 e. The highest BCUT2D eigenvalue weighted by Gasteiger charge is 2.39. The third kappa shape index (κ3) is 2.25. The zero-order chi connectivity index (χ0) is 15.0. The Morgan fingerprint density at radius 3 is 2.14 bits per heavy atom. The molecule has 0 atom stereocenters. The molecule has 4 nitrogen and oxygen atoms in total. The lowest BCUT2D eigenvalue weighted by Crippen LogP contribution is -2.30. The van der Waals surface area contributed by atoms with Crippen LogP contribution in [0.1, 0.15) is 11.1 Å². The van der Waals surface area contributed by atoms with Crippen molar-refractivity contribution in [2.24, 2.45) is 0 Å². The average molecular weight is 299 g/mol. The fraction of sp³-hybridized carbons (Fsp3) is 0.0625. The van der Waals surface area contributed by atoms with Crippen molar-refractivity contribution in [2.45, 2.75) is 6.92 Å². The first-order chi connectivity index (χ1) is 10.00. The minimum absolute atomic E-state index is 0.0358. The van der Waals surface area contributed by atoms with Crippen LogP contribution in [0.3, 0.4) is 0 Å². The lowest BCUT2D eigenvalue weighted by Gasteiger charge is -2.16. The molecule has 0 spiro atoms. The van der Waals surface area contributed by atoms with Gasteiger partial charge in [0.15, 0.2) is 0 Å². The van der Waals surface area contributed by atoms with Crippen molar-refractivity contribution < 1.29 is 13.2 Å². The first-order valence-corrected chi connectivity index (χ1v) is 7.87. The summed E-state index contributed by atoms with van der Waals surface area (Å²) in [6, 6.07) is 15.4. The van der Waals surface area contributed by atoms with Gasteiger partial charge >= 0.3 is 0 Å². The Morgan fingerprint density at radius 2 is 1.52 bits per heavy atom. The molecule has 21 heavy (non-hydrogen) atoms. The summed E-state index contributed by atoms with van der Waals surface area (Å²) >= 11 is 0. The molecule has 1 heterocycles. The number of sulfonamides is 1. The van der Waals surface area contributed by atoms with Crippen LogP contribution < -0.4 is 4.31 Å². The van der Waals surface area contributed by atoms with Crippen LogP contribution in [0.2, 0.25) is 0 Å². The smallest absolute Gasteiger partial charge is 0.268 e. The van der Waals surface area contributed by atoms with E-state index in [1.807, 2.05) is 6.92 Å². The second kappa shape index (κ2) is 4.86. The predicted molar refractivity (Wildman–Crippen MR) is 82.0 cm³/mol. The van der Waals surface area contributed by atoms with Gasteiger partial charge < -0.3 is 0 Å². The summed E-state index contributed by atoms with van der Waals surface area (Å²) in [4.78, 5) is 12.2. The maximum Gasteiger partial charge on any atom is 0.271 e. The number of carbonyl (C=O) groups is 1. The standard InChI is InChI=1S/C16H13NO3S/c1-12-7-9-14(10-8-12)17-16(18)11-15(21(17,19)20)13-5-3-2-4-6-13/h2-11H,1H3. The molecule has 0 saturated carbocycles. The number of benzene rings is 2. The molecule has 0 N–H and O–H groups in total. The third-order valence-corrected chi connectivity index (χ3v) is 5.08. The van der Waals surface area contributed by atoms with Gasteiger partial charge in [0.1, 0.15) is 4.91 Å². The van der Waals surface area contributed by atoms with E-state index in [0.717, 1.165) is 9.87 Å². The van der Waals surface area contributed by atoms with Crippen LogP contribution in [-0.4, -0.2) is 14.3 Å². The van der Waals surface area contributed by atoms with Gasteiger partial charge in [-0.1, -0.05) is 48.0 Å². The Kier molecular flexibility index (Phi) is 3.14. The summed E-state index contributed by atoms with van der Waals surface area (Å²) in [7, 11) is -3.85. The van der Waals surface area contributed by atoms with E-state index < -0.39 is 15.9 Å². The van der Waals surface area contributed by atoms with E-state index in [9.17, 15) is 13.2 Å². The number of carbonyl (C=O) groups excluding carboxylic acids is 1. The van der Waals surface area contributed by atoms with Gasteiger partial charge in [-0.05, 0) is 24.6 Å². The van der Waals surface area contributed by atoms with Gasteiger partial charge in [0.05, 0.1) is 5.69 Å². The summed E-state index contributed by atoms with van der Waals surface area (Å²) in [6.07, 6.45) is 1.17. The number of rotatable bonds is 2. The highest BCUT2D eigenvalue weighted by Crippen LogP contribution is 2.34. The number of aryl methyl sites for hydroxylation is 1. The van der Waals surface area contributed by atoms with E-state index in [-0.39, 0.29) is 4.91 Å². The number of hydrogen-bond donors (Lipinski definition) is 0. The average Bonchev–Trinajstić information content (AvgIpc) is 2.71. The SMILES string of the molecule is Cc1ccc(N2C(=O)C=C(c3ccccc3)S2(=O)=O)cc1. The van der Waals surface area contributed by atoms with Crippen molar-refractivity contribution in [3.8, 4) is 0 Å². The van der Waals surface area contributed by atoms with Crippen LogP contribution in [-0.2, 0) is 14.8 Å². The van der Waals surface area contributed by atoms with Gasteiger partial charge in [-0.15, -0.1) is 0 Å². The van der Waals surface area contributed by atoms with E-state index in [2.05, 4.69) is 0 Å². The first-order valence-electron chi connectivity index (χ1n) is 6.43. The lowest BCUT2D eigenvalue weighted by molar-refractivity contribution is -0.112. The molecular formula is C16H13NO3S. The van der Waals surface area contributed by atoms with Crippen molar-refractivity contribution in [3.63, 3.8) is 0 Å². The van der Waals surface area contributed by atoms with E-state index in [1.54, 1.807) is 54.6 Å². The molecule has 3 rings (SSSR count). The number of anilines is 1. The summed E-state index contributed by atoms with van der Waals surface area (Å²) in [5, 5.41) is 0. The van der Waals surface area contributed by atoms with Gasteiger partial charge in [0, 0.05) is 6.08 Å². The minimum atomic E-state index is -3.85. The lowest BCUT2D eigenvalue weighted by atomic mass is 10.2.